The van der Waals surface area contributed by atoms with Gasteiger partial charge in [0.15, 0.2) is 0 Å². The minimum Gasteiger partial charge on any atom is -0.381 e. The van der Waals surface area contributed by atoms with Crippen LogP contribution in [0.1, 0.15) is 31.9 Å². The van der Waals surface area contributed by atoms with E-state index >= 15 is 0 Å². The van der Waals surface area contributed by atoms with Gasteiger partial charge in [-0.2, -0.15) is 0 Å². The van der Waals surface area contributed by atoms with Gasteiger partial charge in [-0.15, -0.1) is 0 Å². The summed E-state index contributed by atoms with van der Waals surface area (Å²) in [7, 11) is 0. The molecule has 1 saturated heterocycles. The van der Waals surface area contributed by atoms with Crippen molar-refractivity contribution in [2.75, 3.05) is 13.2 Å². The third-order valence-electron chi connectivity index (χ3n) is 3.48. The van der Waals surface area contributed by atoms with Gasteiger partial charge in [-0.1, -0.05) is 30.3 Å². The summed E-state index contributed by atoms with van der Waals surface area (Å²) in [4.78, 5) is 0. The fourth-order valence-electron chi connectivity index (χ4n) is 2.32. The molecule has 1 heterocycles. The molecule has 0 amide bonds. The summed E-state index contributed by atoms with van der Waals surface area (Å²) in [6, 6.07) is 11.5. The van der Waals surface area contributed by atoms with E-state index in [9.17, 15) is 0 Å². The molecule has 1 fully saturated rings. The topological polar surface area (TPSA) is 21.3 Å². The SMILES string of the molecule is CC(N[C@H](C)c1ccccc1)C1CCOC1. The average molecular weight is 219 g/mol. The highest BCUT2D eigenvalue weighted by Gasteiger charge is 2.23. The van der Waals surface area contributed by atoms with Crippen molar-refractivity contribution in [3.63, 3.8) is 0 Å². The van der Waals surface area contributed by atoms with Crippen LogP contribution in [-0.2, 0) is 4.74 Å². The molecule has 2 unspecified atom stereocenters. The van der Waals surface area contributed by atoms with E-state index < -0.39 is 0 Å². The van der Waals surface area contributed by atoms with Crippen LogP contribution in [0.15, 0.2) is 30.3 Å². The standard InChI is InChI=1S/C14H21NO/c1-11(13-6-4-3-5-7-13)15-12(2)14-8-9-16-10-14/h3-7,11-12,14-15H,8-10H2,1-2H3/t11-,12?,14?/m1/s1. The Labute approximate surface area is 98.0 Å². The predicted molar refractivity (Wildman–Crippen MR) is 66.4 cm³/mol. The van der Waals surface area contributed by atoms with Crippen molar-refractivity contribution in [2.24, 2.45) is 5.92 Å². The van der Waals surface area contributed by atoms with Gasteiger partial charge in [-0.3, -0.25) is 0 Å². The van der Waals surface area contributed by atoms with Crippen LogP contribution in [0, 0.1) is 5.92 Å². The van der Waals surface area contributed by atoms with Gasteiger partial charge in [0.25, 0.3) is 0 Å². The Bertz CT molecular complexity index is 306. The average Bonchev–Trinajstić information content (AvgIpc) is 2.83. The van der Waals surface area contributed by atoms with Gasteiger partial charge >= 0.3 is 0 Å². The van der Waals surface area contributed by atoms with Gasteiger partial charge in [-0.25, -0.2) is 0 Å². The summed E-state index contributed by atoms with van der Waals surface area (Å²) in [5, 5.41) is 3.66. The number of hydrogen-bond donors (Lipinski definition) is 1. The minimum atomic E-state index is 0.414. The fraction of sp³-hybridized carbons (Fsp3) is 0.571. The molecular formula is C14H21NO. The highest BCUT2D eigenvalue weighted by molar-refractivity contribution is 5.18. The van der Waals surface area contributed by atoms with Crippen molar-refractivity contribution in [2.45, 2.75) is 32.4 Å². The molecule has 3 atom stereocenters. The van der Waals surface area contributed by atoms with E-state index in [1.807, 2.05) is 0 Å². The maximum atomic E-state index is 5.43. The number of nitrogens with one attached hydrogen (secondary N) is 1. The lowest BCUT2D eigenvalue weighted by Gasteiger charge is -2.24. The van der Waals surface area contributed by atoms with Crippen molar-refractivity contribution in [3.8, 4) is 0 Å². The Hall–Kier alpha value is -0.860. The first-order valence-electron chi connectivity index (χ1n) is 6.16. The van der Waals surface area contributed by atoms with Gasteiger partial charge in [0.2, 0.25) is 0 Å². The van der Waals surface area contributed by atoms with Crippen LogP contribution in [0.3, 0.4) is 0 Å². The van der Waals surface area contributed by atoms with Crippen LogP contribution < -0.4 is 5.32 Å². The second-order valence-corrected chi connectivity index (χ2v) is 4.71. The first kappa shape index (κ1) is 11.6. The molecule has 0 aliphatic carbocycles. The van der Waals surface area contributed by atoms with Crippen LogP contribution in [-0.4, -0.2) is 19.3 Å². The molecule has 0 spiro atoms. The van der Waals surface area contributed by atoms with Crippen LogP contribution in [0.2, 0.25) is 0 Å². The Morgan fingerprint density at radius 3 is 2.62 bits per heavy atom. The van der Waals surface area contributed by atoms with Gasteiger partial charge in [-0.05, 0) is 31.7 Å². The highest BCUT2D eigenvalue weighted by Crippen LogP contribution is 2.20. The molecule has 0 aromatic heterocycles. The van der Waals surface area contributed by atoms with Gasteiger partial charge in [0, 0.05) is 18.7 Å². The minimum absolute atomic E-state index is 0.414. The second-order valence-electron chi connectivity index (χ2n) is 4.71. The molecule has 88 valence electrons. The molecule has 1 aliphatic heterocycles. The predicted octanol–water partition coefficient (Wildman–Crippen LogP) is 2.76. The smallest absolute Gasteiger partial charge is 0.0509 e. The van der Waals surface area contributed by atoms with Crippen LogP contribution in [0.4, 0.5) is 0 Å². The van der Waals surface area contributed by atoms with E-state index in [0.29, 0.717) is 18.0 Å². The normalized spacial score (nSPS) is 24.2. The quantitative estimate of drug-likeness (QED) is 0.840. The van der Waals surface area contributed by atoms with Crippen molar-refractivity contribution < 1.29 is 4.74 Å². The van der Waals surface area contributed by atoms with Gasteiger partial charge < -0.3 is 10.1 Å². The van der Waals surface area contributed by atoms with Crippen molar-refractivity contribution in [1.82, 2.24) is 5.32 Å². The largest absolute Gasteiger partial charge is 0.381 e. The van der Waals surface area contributed by atoms with E-state index in [0.717, 1.165) is 13.2 Å². The van der Waals surface area contributed by atoms with Crippen LogP contribution in [0.25, 0.3) is 0 Å². The number of benzene rings is 1. The summed E-state index contributed by atoms with van der Waals surface area (Å²) in [5.41, 5.74) is 1.35. The molecule has 0 saturated carbocycles. The molecular weight excluding hydrogens is 198 g/mol. The zero-order valence-electron chi connectivity index (χ0n) is 10.1. The molecule has 16 heavy (non-hydrogen) atoms. The summed E-state index contributed by atoms with van der Waals surface area (Å²) in [6.07, 6.45) is 1.19. The number of hydrogen-bond acceptors (Lipinski definition) is 2. The molecule has 1 aromatic rings. The van der Waals surface area contributed by atoms with Crippen molar-refractivity contribution >= 4 is 0 Å². The van der Waals surface area contributed by atoms with E-state index in [-0.39, 0.29) is 0 Å². The highest BCUT2D eigenvalue weighted by atomic mass is 16.5. The molecule has 0 bridgehead atoms. The first-order chi connectivity index (χ1) is 7.77. The zero-order chi connectivity index (χ0) is 11.4. The Kier molecular flexibility index (Phi) is 3.97. The Balaban J connectivity index is 1.89. The molecule has 0 radical (unpaired) electrons. The second kappa shape index (κ2) is 5.46. The monoisotopic (exact) mass is 219 g/mol. The maximum Gasteiger partial charge on any atom is 0.0509 e. The lowest BCUT2D eigenvalue weighted by Crippen LogP contribution is -2.35. The molecule has 2 nitrogen and oxygen atoms in total. The van der Waals surface area contributed by atoms with E-state index in [1.165, 1.54) is 12.0 Å². The summed E-state index contributed by atoms with van der Waals surface area (Å²) >= 11 is 0. The number of ether oxygens (including phenoxy) is 1. The summed E-state index contributed by atoms with van der Waals surface area (Å²) in [5.74, 6) is 0.672. The van der Waals surface area contributed by atoms with E-state index in [1.54, 1.807) is 0 Å². The maximum absolute atomic E-state index is 5.43. The Morgan fingerprint density at radius 1 is 1.25 bits per heavy atom. The van der Waals surface area contributed by atoms with E-state index in [4.69, 9.17) is 4.74 Å². The van der Waals surface area contributed by atoms with Gasteiger partial charge in [0.05, 0.1) is 6.61 Å². The lowest BCUT2D eigenvalue weighted by molar-refractivity contribution is 0.177. The molecule has 1 aromatic carbocycles. The van der Waals surface area contributed by atoms with Crippen LogP contribution in [0.5, 0.6) is 0 Å². The van der Waals surface area contributed by atoms with Gasteiger partial charge in [0.1, 0.15) is 0 Å². The van der Waals surface area contributed by atoms with E-state index in [2.05, 4.69) is 49.5 Å². The fourth-order valence-corrected chi connectivity index (χ4v) is 2.32. The molecule has 1 aliphatic rings. The molecule has 1 N–H and O–H groups in total. The zero-order valence-corrected chi connectivity index (χ0v) is 10.1. The lowest BCUT2D eigenvalue weighted by atomic mass is 9.98. The van der Waals surface area contributed by atoms with Crippen molar-refractivity contribution in [1.29, 1.82) is 0 Å². The number of rotatable bonds is 4. The Morgan fingerprint density at radius 2 is 2.00 bits per heavy atom. The van der Waals surface area contributed by atoms with Crippen LogP contribution >= 0.6 is 0 Å². The molecule has 2 heteroatoms. The molecule has 2 rings (SSSR count). The first-order valence-corrected chi connectivity index (χ1v) is 6.16. The third kappa shape index (κ3) is 2.83. The summed E-state index contributed by atoms with van der Waals surface area (Å²) in [6.45, 7) is 6.33. The third-order valence-corrected chi connectivity index (χ3v) is 3.48. The van der Waals surface area contributed by atoms with Crippen molar-refractivity contribution in [3.05, 3.63) is 35.9 Å². The summed E-state index contributed by atoms with van der Waals surface area (Å²) < 4.78 is 5.43.